The predicted molar refractivity (Wildman–Crippen MR) is 194 cm³/mol. The normalized spacial score (nSPS) is 11.8. The van der Waals surface area contributed by atoms with E-state index in [9.17, 15) is 4.39 Å². The van der Waals surface area contributed by atoms with Crippen LogP contribution in [0.4, 0.5) is 4.39 Å². The summed E-state index contributed by atoms with van der Waals surface area (Å²) in [6.07, 6.45) is 3.42. The Morgan fingerprint density at radius 2 is 1.45 bits per heavy atom. The summed E-state index contributed by atoms with van der Waals surface area (Å²) >= 11 is 0. The molecule has 5 aromatic carbocycles. The first-order chi connectivity index (χ1) is 23.0. The van der Waals surface area contributed by atoms with E-state index in [4.69, 9.17) is 4.42 Å². The maximum Gasteiger partial charge on any atom is 0.121 e. The van der Waals surface area contributed by atoms with E-state index < -0.39 is 0 Å². The second kappa shape index (κ2) is 13.3. The zero-order valence-corrected chi connectivity index (χ0v) is 30.7. The number of halogens is 1. The number of hydrogen-bond donors (Lipinski definition) is 0. The summed E-state index contributed by atoms with van der Waals surface area (Å²) in [5.74, 6) is -0.277. The predicted octanol–water partition coefficient (Wildman–Crippen LogP) is 11.4. The second-order valence-corrected chi connectivity index (χ2v) is 14.2. The first-order valence-electron chi connectivity index (χ1n) is 16.1. The van der Waals surface area contributed by atoms with Crippen LogP contribution in [0.25, 0.3) is 66.0 Å². The molecule has 0 amide bonds. The smallest absolute Gasteiger partial charge is 0.121 e. The fraction of sp³-hybridized carbons (Fsp3) is 0.186. The summed E-state index contributed by atoms with van der Waals surface area (Å²) in [7, 11) is 0. The van der Waals surface area contributed by atoms with Crippen molar-refractivity contribution in [2.45, 2.75) is 52.4 Å². The minimum atomic E-state index is -0.277. The molecule has 0 unspecified atom stereocenters. The first-order valence-corrected chi connectivity index (χ1v) is 16.1. The van der Waals surface area contributed by atoms with Gasteiger partial charge in [-0.3, -0.25) is 9.37 Å². The van der Waals surface area contributed by atoms with Crippen LogP contribution in [0, 0.1) is 17.9 Å². The van der Waals surface area contributed by atoms with Gasteiger partial charge in [0.25, 0.3) is 0 Å². The van der Waals surface area contributed by atoms with E-state index in [0.717, 1.165) is 50.1 Å². The van der Waals surface area contributed by atoms with Crippen LogP contribution in [-0.2, 0) is 30.9 Å². The minimum Gasteiger partial charge on any atom is -0.501 e. The van der Waals surface area contributed by atoms with E-state index in [0.29, 0.717) is 0 Å². The van der Waals surface area contributed by atoms with E-state index in [1.807, 2.05) is 24.3 Å². The zero-order valence-electron chi connectivity index (χ0n) is 28.4. The third-order valence-electron chi connectivity index (χ3n) is 8.67. The van der Waals surface area contributed by atoms with Gasteiger partial charge < -0.3 is 9.40 Å². The summed E-state index contributed by atoms with van der Waals surface area (Å²) in [5.41, 5.74) is 7.28. The van der Waals surface area contributed by atoms with Crippen LogP contribution in [0.1, 0.15) is 52.8 Å². The number of fused-ring (bicyclic) bond motifs is 6. The van der Waals surface area contributed by atoms with Crippen molar-refractivity contribution in [2.24, 2.45) is 0 Å². The fourth-order valence-corrected chi connectivity index (χ4v) is 5.95. The van der Waals surface area contributed by atoms with Gasteiger partial charge in [0.15, 0.2) is 0 Å². The molecule has 0 spiro atoms. The quantitative estimate of drug-likeness (QED) is 0.129. The van der Waals surface area contributed by atoms with Gasteiger partial charge in [0.2, 0.25) is 0 Å². The monoisotopic (exact) mass is 822 g/mol. The molecular formula is C43H36FIrN3O-2. The molecule has 1 radical (unpaired) electrons. The Hall–Kier alpha value is -4.77. The van der Waals surface area contributed by atoms with Crippen molar-refractivity contribution in [3.63, 3.8) is 0 Å². The van der Waals surface area contributed by atoms with E-state index in [2.05, 4.69) is 123 Å². The number of benzene rings is 5. The van der Waals surface area contributed by atoms with Crippen molar-refractivity contribution in [1.29, 1.82) is 0 Å². The Morgan fingerprint density at radius 1 is 0.653 bits per heavy atom. The molecule has 0 aliphatic rings. The van der Waals surface area contributed by atoms with Crippen LogP contribution < -0.4 is 0 Å². The molecule has 0 atom stereocenters. The van der Waals surface area contributed by atoms with Gasteiger partial charge in [-0.15, -0.1) is 48.0 Å². The Balaban J connectivity index is 0.000000198. The Bertz CT molecular complexity index is 2440. The minimum absolute atomic E-state index is 0. The molecular weight excluding hydrogens is 786 g/mol. The van der Waals surface area contributed by atoms with Crippen LogP contribution in [-0.4, -0.2) is 15.0 Å². The Labute approximate surface area is 299 Å². The maximum atomic E-state index is 12.8. The van der Waals surface area contributed by atoms with Gasteiger partial charge in [0.1, 0.15) is 11.9 Å². The van der Waals surface area contributed by atoms with Crippen molar-refractivity contribution in [3.05, 3.63) is 139 Å². The summed E-state index contributed by atoms with van der Waals surface area (Å²) in [6, 6.07) is 38.0. The standard InChI is InChI=1S/C28H21N2O.C15H15FN.Ir/c1-28(2,3)26-15-24(29-16-30-26)21-10-6-9-20-23-13-18-12-11-17-7-4-5-8-19(17)22(18)14-25(23)31-27(20)21;1-15(2,3)12-8-9-17-14(10-12)11-4-6-13(16)7-5-11;/h4-9,11-16H,1-3H3;4,6-10H,1-3H3;/q2*-1;. The third kappa shape index (κ3) is 6.90. The van der Waals surface area contributed by atoms with Crippen LogP contribution in [0.2, 0.25) is 0 Å². The van der Waals surface area contributed by atoms with Crippen molar-refractivity contribution in [2.75, 3.05) is 0 Å². The van der Waals surface area contributed by atoms with Crippen molar-refractivity contribution in [1.82, 2.24) is 15.0 Å². The van der Waals surface area contributed by atoms with E-state index in [1.165, 1.54) is 39.2 Å². The number of rotatable bonds is 2. The average molecular weight is 822 g/mol. The Kier molecular flexibility index (Phi) is 9.23. The van der Waals surface area contributed by atoms with Gasteiger partial charge in [0, 0.05) is 48.6 Å². The molecule has 0 aliphatic heterocycles. The van der Waals surface area contributed by atoms with Gasteiger partial charge in [0.05, 0.1) is 5.58 Å². The maximum absolute atomic E-state index is 12.8. The van der Waals surface area contributed by atoms with Crippen LogP contribution in [0.5, 0.6) is 0 Å². The molecule has 0 saturated heterocycles. The second-order valence-electron chi connectivity index (χ2n) is 14.2. The summed E-state index contributed by atoms with van der Waals surface area (Å²) in [4.78, 5) is 13.3. The van der Waals surface area contributed by atoms with Gasteiger partial charge in [-0.2, -0.15) is 0 Å². The number of pyridine rings is 1. The van der Waals surface area contributed by atoms with E-state index in [1.54, 1.807) is 18.6 Å². The van der Waals surface area contributed by atoms with Crippen molar-refractivity contribution in [3.8, 4) is 22.5 Å². The van der Waals surface area contributed by atoms with Gasteiger partial charge >= 0.3 is 0 Å². The molecule has 49 heavy (non-hydrogen) atoms. The van der Waals surface area contributed by atoms with Gasteiger partial charge in [-0.05, 0) is 62.1 Å². The van der Waals surface area contributed by atoms with Gasteiger partial charge in [-0.25, -0.2) is 4.98 Å². The van der Waals surface area contributed by atoms with E-state index >= 15 is 0 Å². The number of aromatic nitrogens is 3. The average Bonchev–Trinajstić information content (AvgIpc) is 3.45. The van der Waals surface area contributed by atoms with Crippen LogP contribution in [0.15, 0.2) is 114 Å². The Morgan fingerprint density at radius 3 is 2.20 bits per heavy atom. The number of nitrogens with zero attached hydrogens (tertiary/aromatic N) is 3. The number of hydrogen-bond acceptors (Lipinski definition) is 4. The topological polar surface area (TPSA) is 51.8 Å². The summed E-state index contributed by atoms with van der Waals surface area (Å²) < 4.78 is 19.2. The molecule has 0 N–H and O–H groups in total. The first kappa shape index (κ1) is 34.1. The molecule has 0 saturated carbocycles. The molecule has 8 aromatic rings. The molecule has 8 rings (SSSR count). The molecule has 3 heterocycles. The largest absolute Gasteiger partial charge is 0.501 e. The van der Waals surface area contributed by atoms with Crippen molar-refractivity contribution < 1.29 is 28.9 Å². The van der Waals surface area contributed by atoms with Crippen molar-refractivity contribution >= 4 is 43.5 Å². The van der Waals surface area contributed by atoms with Gasteiger partial charge in [-0.1, -0.05) is 101 Å². The third-order valence-corrected chi connectivity index (χ3v) is 8.67. The molecule has 6 heteroatoms. The molecule has 0 aliphatic carbocycles. The van der Waals surface area contributed by atoms with Crippen LogP contribution in [0.3, 0.4) is 0 Å². The molecule has 4 nitrogen and oxygen atoms in total. The summed E-state index contributed by atoms with van der Waals surface area (Å²) in [5, 5.41) is 7.07. The number of furan rings is 1. The molecule has 247 valence electrons. The van der Waals surface area contributed by atoms with Crippen LogP contribution >= 0.6 is 0 Å². The molecule has 0 fully saturated rings. The fourth-order valence-electron chi connectivity index (χ4n) is 5.95. The van der Waals surface area contributed by atoms with E-state index in [-0.39, 0.29) is 36.8 Å². The zero-order chi connectivity index (χ0) is 33.6. The SMILES string of the molecule is CC(C)(C)c1cc(-c2[c-]ccc3c2oc2cc4c(ccc5ccccc54)cc23)ncn1.CC(C)(C)c1ccnc(-c2[c-]cc(F)cc2)c1.[Ir]. The summed E-state index contributed by atoms with van der Waals surface area (Å²) in [6.45, 7) is 12.9. The molecule has 3 aromatic heterocycles. The molecule has 0 bridgehead atoms.